The van der Waals surface area contributed by atoms with Gasteiger partial charge >= 0.3 is 0 Å². The van der Waals surface area contributed by atoms with E-state index in [4.69, 9.17) is 14.2 Å². The van der Waals surface area contributed by atoms with Crippen molar-refractivity contribution in [3.63, 3.8) is 0 Å². The van der Waals surface area contributed by atoms with E-state index in [-0.39, 0.29) is 0 Å². The molecular weight excluding hydrogens is 220 g/mol. The molecule has 0 bridgehead atoms. The second kappa shape index (κ2) is 9.16. The molecule has 0 aromatic heterocycles. The predicted molar refractivity (Wildman–Crippen MR) is 68.7 cm³/mol. The Morgan fingerprint density at radius 2 is 2.06 bits per heavy atom. The van der Waals surface area contributed by atoms with Gasteiger partial charge in [0.1, 0.15) is 6.10 Å². The quantitative estimate of drug-likeness (QED) is 0.317. The van der Waals surface area contributed by atoms with Crippen LogP contribution >= 0.6 is 0 Å². The van der Waals surface area contributed by atoms with E-state index in [1.807, 2.05) is 7.11 Å². The van der Waals surface area contributed by atoms with E-state index in [0.29, 0.717) is 6.10 Å². The summed E-state index contributed by atoms with van der Waals surface area (Å²) in [5.74, 6) is 0. The van der Waals surface area contributed by atoms with E-state index in [1.165, 1.54) is 31.4 Å². The van der Waals surface area contributed by atoms with Crippen LogP contribution in [0.5, 0.6) is 0 Å². The highest BCUT2D eigenvalue weighted by atomic mass is 28.3. The molecule has 0 radical (unpaired) electrons. The Morgan fingerprint density at radius 1 is 1.31 bits per heavy atom. The van der Waals surface area contributed by atoms with Crippen molar-refractivity contribution in [3.05, 3.63) is 0 Å². The van der Waals surface area contributed by atoms with Gasteiger partial charge in [-0.3, -0.25) is 0 Å². The Kier molecular flexibility index (Phi) is 8.11. The van der Waals surface area contributed by atoms with E-state index in [2.05, 4.69) is 6.92 Å². The summed E-state index contributed by atoms with van der Waals surface area (Å²) in [7, 11) is 1.19. The molecule has 0 aromatic carbocycles. The lowest BCUT2D eigenvalue weighted by atomic mass is 10.4. The Balaban J connectivity index is 1.92. The number of rotatable bonds is 11. The maximum Gasteiger partial charge on any atom is 0.104 e. The Labute approximate surface area is 101 Å². The first kappa shape index (κ1) is 14.2. The molecule has 0 spiro atoms. The monoisotopic (exact) mass is 246 g/mol. The lowest BCUT2D eigenvalue weighted by Crippen LogP contribution is -2.20. The smallest absolute Gasteiger partial charge is 0.104 e. The van der Waals surface area contributed by atoms with Crippen LogP contribution in [0.3, 0.4) is 0 Å². The SMILES string of the molecule is CCCC[SiH](CCCOCC1CO1)COC. The molecule has 3 nitrogen and oxygen atoms in total. The lowest BCUT2D eigenvalue weighted by Gasteiger charge is -2.13. The van der Waals surface area contributed by atoms with Gasteiger partial charge in [0.05, 0.1) is 22.0 Å². The molecule has 1 rings (SSSR count). The van der Waals surface area contributed by atoms with Crippen molar-refractivity contribution in [3.8, 4) is 0 Å². The summed E-state index contributed by atoms with van der Waals surface area (Å²) in [6.07, 6.45) is 5.33. The van der Waals surface area contributed by atoms with Crippen LogP contribution in [-0.2, 0) is 14.2 Å². The van der Waals surface area contributed by atoms with Crippen LogP contribution < -0.4 is 0 Å². The van der Waals surface area contributed by atoms with Gasteiger partial charge < -0.3 is 14.2 Å². The molecule has 16 heavy (non-hydrogen) atoms. The molecule has 2 unspecified atom stereocenters. The van der Waals surface area contributed by atoms with Crippen LogP contribution in [0, 0.1) is 0 Å². The molecule has 4 heteroatoms. The topological polar surface area (TPSA) is 31.0 Å². The lowest BCUT2D eigenvalue weighted by molar-refractivity contribution is 0.117. The minimum absolute atomic E-state index is 0.409. The Bertz CT molecular complexity index is 162. The molecule has 96 valence electrons. The molecule has 1 aliphatic rings. The van der Waals surface area contributed by atoms with Gasteiger partial charge in [0, 0.05) is 19.9 Å². The minimum Gasteiger partial charge on any atom is -0.388 e. The van der Waals surface area contributed by atoms with Crippen molar-refractivity contribution in [1.82, 2.24) is 0 Å². The maximum atomic E-state index is 5.55. The van der Waals surface area contributed by atoms with Crippen LogP contribution in [0.4, 0.5) is 0 Å². The highest BCUT2D eigenvalue weighted by Gasteiger charge is 2.22. The van der Waals surface area contributed by atoms with Crippen LogP contribution in [-0.4, -0.2) is 48.1 Å². The van der Waals surface area contributed by atoms with Gasteiger partial charge in [0.15, 0.2) is 0 Å². The van der Waals surface area contributed by atoms with E-state index < -0.39 is 8.80 Å². The van der Waals surface area contributed by atoms with Crippen molar-refractivity contribution >= 4 is 8.80 Å². The van der Waals surface area contributed by atoms with Crippen molar-refractivity contribution in [2.24, 2.45) is 0 Å². The van der Waals surface area contributed by atoms with Gasteiger partial charge in [-0.05, 0) is 6.42 Å². The molecule has 2 atom stereocenters. The standard InChI is InChI=1S/C12H26O3Si/c1-3-4-7-16(11-13-2)8-5-6-14-9-12-10-15-12/h12,16H,3-11H2,1-2H3. The fraction of sp³-hybridized carbons (Fsp3) is 1.00. The molecule has 1 fully saturated rings. The molecule has 0 aromatic rings. The number of ether oxygens (including phenoxy) is 3. The third kappa shape index (κ3) is 7.38. The van der Waals surface area contributed by atoms with Crippen molar-refractivity contribution < 1.29 is 14.2 Å². The highest BCUT2D eigenvalue weighted by Crippen LogP contribution is 2.11. The average Bonchev–Trinajstić information content (AvgIpc) is 3.09. The first-order valence-electron chi connectivity index (χ1n) is 6.55. The van der Waals surface area contributed by atoms with Gasteiger partial charge in [0.2, 0.25) is 0 Å². The summed E-state index contributed by atoms with van der Waals surface area (Å²) in [5, 5.41) is 0. The second-order valence-corrected chi connectivity index (χ2v) is 7.86. The normalized spacial score (nSPS) is 21.0. The van der Waals surface area contributed by atoms with E-state index in [1.54, 1.807) is 0 Å². The molecular formula is C12H26O3Si. The van der Waals surface area contributed by atoms with Crippen LogP contribution in [0.2, 0.25) is 12.1 Å². The first-order chi connectivity index (χ1) is 7.86. The van der Waals surface area contributed by atoms with Crippen molar-refractivity contribution in [2.45, 2.75) is 44.4 Å². The first-order valence-corrected chi connectivity index (χ1v) is 9.00. The zero-order valence-electron chi connectivity index (χ0n) is 10.7. The fourth-order valence-electron chi connectivity index (χ4n) is 1.89. The zero-order valence-corrected chi connectivity index (χ0v) is 11.9. The summed E-state index contributed by atoms with van der Waals surface area (Å²) in [5.41, 5.74) is 0. The third-order valence-corrected chi connectivity index (χ3v) is 6.23. The Morgan fingerprint density at radius 3 is 2.69 bits per heavy atom. The molecule has 0 saturated carbocycles. The zero-order chi connectivity index (χ0) is 11.6. The summed E-state index contributed by atoms with van der Waals surface area (Å²) < 4.78 is 15.9. The van der Waals surface area contributed by atoms with Crippen LogP contribution in [0.15, 0.2) is 0 Å². The van der Waals surface area contributed by atoms with E-state index >= 15 is 0 Å². The maximum absolute atomic E-state index is 5.55. The number of epoxide rings is 1. The average molecular weight is 246 g/mol. The number of unbranched alkanes of at least 4 members (excludes halogenated alkanes) is 1. The molecule has 0 N–H and O–H groups in total. The van der Waals surface area contributed by atoms with Gasteiger partial charge in [-0.2, -0.15) is 0 Å². The fourth-order valence-corrected chi connectivity index (χ4v) is 4.72. The summed E-state index contributed by atoms with van der Waals surface area (Å²) in [6.45, 7) is 4.86. The molecule has 1 aliphatic heterocycles. The van der Waals surface area contributed by atoms with Crippen molar-refractivity contribution in [2.75, 3.05) is 33.2 Å². The summed E-state index contributed by atoms with van der Waals surface area (Å²) in [6, 6.07) is 2.79. The molecule has 0 amide bonds. The van der Waals surface area contributed by atoms with Gasteiger partial charge in [0.25, 0.3) is 0 Å². The van der Waals surface area contributed by atoms with Crippen LogP contribution in [0.1, 0.15) is 26.2 Å². The van der Waals surface area contributed by atoms with Crippen LogP contribution in [0.25, 0.3) is 0 Å². The molecule has 1 heterocycles. The highest BCUT2D eigenvalue weighted by molar-refractivity contribution is 6.58. The molecule has 0 aliphatic carbocycles. The number of methoxy groups -OCH3 is 1. The third-order valence-electron chi connectivity index (χ3n) is 2.98. The van der Waals surface area contributed by atoms with E-state index in [0.717, 1.165) is 26.1 Å². The van der Waals surface area contributed by atoms with E-state index in [9.17, 15) is 0 Å². The Hall–Kier alpha value is 0.0969. The van der Waals surface area contributed by atoms with Crippen molar-refractivity contribution in [1.29, 1.82) is 0 Å². The summed E-state index contributed by atoms with van der Waals surface area (Å²) in [4.78, 5) is 0. The second-order valence-electron chi connectivity index (χ2n) is 4.64. The van der Waals surface area contributed by atoms with Gasteiger partial charge in [-0.25, -0.2) is 0 Å². The summed E-state index contributed by atoms with van der Waals surface area (Å²) >= 11 is 0. The van der Waals surface area contributed by atoms with Gasteiger partial charge in [-0.1, -0.05) is 31.9 Å². The molecule has 1 saturated heterocycles. The minimum atomic E-state index is -0.637. The number of hydrogen-bond donors (Lipinski definition) is 0. The number of hydrogen-bond acceptors (Lipinski definition) is 3. The predicted octanol–water partition coefficient (Wildman–Crippen LogP) is 2.00. The van der Waals surface area contributed by atoms with Gasteiger partial charge in [-0.15, -0.1) is 0 Å². The largest absolute Gasteiger partial charge is 0.388 e.